The van der Waals surface area contributed by atoms with Crippen LogP contribution in [0.2, 0.25) is 0 Å². The molecule has 1 saturated heterocycles. The van der Waals surface area contributed by atoms with Crippen LogP contribution in [0.4, 0.5) is 10.1 Å². The van der Waals surface area contributed by atoms with Gasteiger partial charge in [-0.2, -0.15) is 0 Å². The number of halogens is 2. The lowest BCUT2D eigenvalue weighted by atomic mass is 10.2. The summed E-state index contributed by atoms with van der Waals surface area (Å²) >= 11 is 1.71. The molecule has 27 heavy (non-hydrogen) atoms. The Hall–Kier alpha value is -1.42. The molecule has 8 heteroatoms. The highest BCUT2D eigenvalue weighted by molar-refractivity contribution is 14.0. The number of aliphatic imine (C=N–C) groups is 1. The third-order valence-electron chi connectivity index (χ3n) is 4.50. The maximum atomic E-state index is 13.0. The molecular formula is C19H27FIN5S. The van der Waals surface area contributed by atoms with Crippen LogP contribution in [0, 0.1) is 5.82 Å². The first-order valence-electron chi connectivity index (χ1n) is 9.02. The molecule has 2 N–H and O–H groups in total. The molecule has 0 aliphatic carbocycles. The lowest BCUT2D eigenvalue weighted by Gasteiger charge is -2.36. The smallest absolute Gasteiger partial charge is 0.191 e. The predicted molar refractivity (Wildman–Crippen MR) is 122 cm³/mol. The van der Waals surface area contributed by atoms with Gasteiger partial charge in [-0.1, -0.05) is 13.8 Å². The lowest BCUT2D eigenvalue weighted by Crippen LogP contribution is -2.51. The van der Waals surface area contributed by atoms with E-state index in [1.54, 1.807) is 11.3 Å². The van der Waals surface area contributed by atoms with Gasteiger partial charge in [0.05, 0.1) is 10.7 Å². The van der Waals surface area contributed by atoms with E-state index in [0.717, 1.165) is 44.0 Å². The third kappa shape index (κ3) is 6.03. The van der Waals surface area contributed by atoms with Gasteiger partial charge in [0.1, 0.15) is 5.82 Å². The van der Waals surface area contributed by atoms with Gasteiger partial charge >= 0.3 is 0 Å². The second-order valence-corrected chi connectivity index (χ2v) is 7.66. The quantitative estimate of drug-likeness (QED) is 0.384. The monoisotopic (exact) mass is 503 g/mol. The molecule has 1 aromatic heterocycles. The topological polar surface area (TPSA) is 57.8 Å². The number of benzene rings is 1. The standard InChI is InChI=1S/C19H26FN5S.HI/c1-14(2)18-23-16(13-26-18)7-8-22-19(21)25-11-9-24(10-12-25)17-5-3-15(20)4-6-17;/h3-6,13-14H,7-12H2,1-2H3,(H2,21,22);1H. The van der Waals surface area contributed by atoms with Crippen LogP contribution in [0.15, 0.2) is 34.6 Å². The highest BCUT2D eigenvalue weighted by Gasteiger charge is 2.18. The van der Waals surface area contributed by atoms with Gasteiger partial charge < -0.3 is 15.5 Å². The molecule has 3 rings (SSSR count). The second-order valence-electron chi connectivity index (χ2n) is 6.77. The van der Waals surface area contributed by atoms with Gasteiger partial charge in [-0.15, -0.1) is 35.3 Å². The van der Waals surface area contributed by atoms with Crippen molar-refractivity contribution in [1.82, 2.24) is 9.88 Å². The van der Waals surface area contributed by atoms with Crippen molar-refractivity contribution < 1.29 is 4.39 Å². The van der Waals surface area contributed by atoms with E-state index in [1.165, 1.54) is 17.1 Å². The van der Waals surface area contributed by atoms with E-state index in [4.69, 9.17) is 5.73 Å². The Kier molecular flexibility index (Phi) is 8.28. The minimum atomic E-state index is -0.204. The Morgan fingerprint density at radius 3 is 2.48 bits per heavy atom. The molecule has 0 bridgehead atoms. The van der Waals surface area contributed by atoms with Crippen molar-refractivity contribution in [2.45, 2.75) is 26.2 Å². The number of nitrogens with zero attached hydrogens (tertiary/aromatic N) is 4. The lowest BCUT2D eigenvalue weighted by molar-refractivity contribution is 0.381. The molecule has 0 amide bonds. The van der Waals surface area contributed by atoms with Crippen LogP contribution in [-0.4, -0.2) is 48.6 Å². The van der Waals surface area contributed by atoms with Crippen molar-refractivity contribution in [3.63, 3.8) is 0 Å². The molecule has 1 aliphatic rings. The molecule has 5 nitrogen and oxygen atoms in total. The molecule has 148 valence electrons. The SMILES string of the molecule is CC(C)c1nc(CCN=C(N)N2CCN(c3ccc(F)cc3)CC2)cs1.I. The van der Waals surface area contributed by atoms with Crippen LogP contribution >= 0.6 is 35.3 Å². The van der Waals surface area contributed by atoms with Crippen LogP contribution in [0.3, 0.4) is 0 Å². The summed E-state index contributed by atoms with van der Waals surface area (Å²) in [6, 6.07) is 6.64. The van der Waals surface area contributed by atoms with Gasteiger partial charge in [0.25, 0.3) is 0 Å². The fourth-order valence-corrected chi connectivity index (χ4v) is 3.80. The average molecular weight is 503 g/mol. The predicted octanol–water partition coefficient (Wildman–Crippen LogP) is 3.70. The zero-order chi connectivity index (χ0) is 18.5. The maximum Gasteiger partial charge on any atom is 0.191 e. The fourth-order valence-electron chi connectivity index (χ4n) is 2.93. The van der Waals surface area contributed by atoms with Gasteiger partial charge in [-0.05, 0) is 24.3 Å². The van der Waals surface area contributed by atoms with Crippen LogP contribution < -0.4 is 10.6 Å². The number of anilines is 1. The minimum Gasteiger partial charge on any atom is -0.370 e. The van der Waals surface area contributed by atoms with Crippen molar-refractivity contribution in [1.29, 1.82) is 0 Å². The molecule has 1 aromatic carbocycles. The van der Waals surface area contributed by atoms with Crippen molar-refractivity contribution in [3.05, 3.63) is 46.2 Å². The summed E-state index contributed by atoms with van der Waals surface area (Å²) in [4.78, 5) is 13.5. The van der Waals surface area contributed by atoms with Crippen LogP contribution in [-0.2, 0) is 6.42 Å². The third-order valence-corrected chi connectivity index (χ3v) is 5.69. The first-order chi connectivity index (χ1) is 12.5. The summed E-state index contributed by atoms with van der Waals surface area (Å²) in [6.45, 7) is 8.32. The van der Waals surface area contributed by atoms with Gasteiger partial charge in [0, 0.05) is 56.1 Å². The van der Waals surface area contributed by atoms with E-state index in [-0.39, 0.29) is 29.8 Å². The molecule has 0 radical (unpaired) electrons. The minimum absolute atomic E-state index is 0. The Bertz CT molecular complexity index is 739. The number of aromatic nitrogens is 1. The Morgan fingerprint density at radius 1 is 1.22 bits per heavy atom. The number of piperazine rings is 1. The summed E-state index contributed by atoms with van der Waals surface area (Å²) in [5, 5.41) is 3.29. The summed E-state index contributed by atoms with van der Waals surface area (Å²) in [7, 11) is 0. The number of rotatable bonds is 5. The van der Waals surface area contributed by atoms with E-state index in [9.17, 15) is 4.39 Å². The zero-order valence-corrected chi connectivity index (χ0v) is 18.9. The van der Waals surface area contributed by atoms with E-state index >= 15 is 0 Å². The molecule has 1 aliphatic heterocycles. The highest BCUT2D eigenvalue weighted by Crippen LogP contribution is 2.19. The zero-order valence-electron chi connectivity index (χ0n) is 15.8. The molecule has 0 spiro atoms. The molecule has 2 heterocycles. The molecule has 0 unspecified atom stereocenters. The van der Waals surface area contributed by atoms with Crippen molar-refractivity contribution in [2.75, 3.05) is 37.6 Å². The van der Waals surface area contributed by atoms with Gasteiger partial charge in [0.15, 0.2) is 5.96 Å². The van der Waals surface area contributed by atoms with Gasteiger partial charge in [-0.25, -0.2) is 9.37 Å². The first-order valence-corrected chi connectivity index (χ1v) is 9.90. The Morgan fingerprint density at radius 2 is 1.89 bits per heavy atom. The molecule has 2 aromatic rings. The summed E-state index contributed by atoms with van der Waals surface area (Å²) in [6.07, 6.45) is 0.819. The second kappa shape index (κ2) is 10.2. The summed E-state index contributed by atoms with van der Waals surface area (Å²) in [5.41, 5.74) is 8.30. The summed E-state index contributed by atoms with van der Waals surface area (Å²) in [5.74, 6) is 0.868. The van der Waals surface area contributed by atoms with Crippen molar-refractivity contribution >= 4 is 47.0 Å². The van der Waals surface area contributed by atoms with Crippen LogP contribution in [0.1, 0.15) is 30.5 Å². The maximum absolute atomic E-state index is 13.0. The molecular weight excluding hydrogens is 476 g/mol. The van der Waals surface area contributed by atoms with Gasteiger partial charge in [-0.3, -0.25) is 4.99 Å². The Balaban J connectivity index is 0.00000261. The fraction of sp³-hybridized carbons (Fsp3) is 0.474. The number of thiazole rings is 1. The van der Waals surface area contributed by atoms with E-state index in [0.29, 0.717) is 18.4 Å². The normalized spacial score (nSPS) is 15.2. The van der Waals surface area contributed by atoms with Crippen LogP contribution in [0.25, 0.3) is 0 Å². The van der Waals surface area contributed by atoms with Crippen molar-refractivity contribution in [3.8, 4) is 0 Å². The average Bonchev–Trinajstić information content (AvgIpc) is 3.12. The van der Waals surface area contributed by atoms with E-state index in [1.807, 2.05) is 12.1 Å². The summed E-state index contributed by atoms with van der Waals surface area (Å²) < 4.78 is 13.0. The molecule has 0 atom stereocenters. The first kappa shape index (κ1) is 21.9. The van der Waals surface area contributed by atoms with Crippen molar-refractivity contribution in [2.24, 2.45) is 10.7 Å². The molecule has 1 fully saturated rings. The van der Waals surface area contributed by atoms with Crippen LogP contribution in [0.5, 0.6) is 0 Å². The number of guanidine groups is 1. The highest BCUT2D eigenvalue weighted by atomic mass is 127. The number of hydrogen-bond acceptors (Lipinski definition) is 4. The number of hydrogen-bond donors (Lipinski definition) is 1. The Labute approximate surface area is 181 Å². The van der Waals surface area contributed by atoms with E-state index in [2.05, 4.69) is 39.0 Å². The van der Waals surface area contributed by atoms with Gasteiger partial charge in [0.2, 0.25) is 0 Å². The molecule has 0 saturated carbocycles. The van der Waals surface area contributed by atoms with E-state index < -0.39 is 0 Å². The largest absolute Gasteiger partial charge is 0.370 e. The number of nitrogens with two attached hydrogens (primary N) is 1.